The molecule has 1 fully saturated rings. The van der Waals surface area contributed by atoms with E-state index in [0.29, 0.717) is 23.7 Å². The Morgan fingerprint density at radius 1 is 1.08 bits per heavy atom. The average Bonchev–Trinajstić information content (AvgIpc) is 3.42. The maximum atomic E-state index is 12.9. The highest BCUT2D eigenvalue weighted by molar-refractivity contribution is 5.89. The Morgan fingerprint density at radius 3 is 2.36 bits per heavy atom. The quantitative estimate of drug-likeness (QED) is 0.840. The van der Waals surface area contributed by atoms with Crippen molar-refractivity contribution in [2.24, 2.45) is 0 Å². The smallest absolute Gasteiger partial charge is 0.319 e. The highest BCUT2D eigenvalue weighted by Gasteiger charge is 2.44. The van der Waals surface area contributed by atoms with Gasteiger partial charge in [-0.15, -0.1) is 0 Å². The molecular weight excluding hydrogens is 323 g/mol. The van der Waals surface area contributed by atoms with Gasteiger partial charge in [0.25, 0.3) is 0 Å². The number of ether oxygens (including phenoxy) is 2. The number of carbonyl (C=O) groups is 1. The number of hydrogen-bond donors (Lipinski definition) is 2. The van der Waals surface area contributed by atoms with Crippen LogP contribution >= 0.6 is 0 Å². The van der Waals surface area contributed by atoms with Gasteiger partial charge in [0.2, 0.25) is 0 Å². The zero-order chi connectivity index (χ0) is 17.9. The molecule has 0 heterocycles. The van der Waals surface area contributed by atoms with E-state index in [-0.39, 0.29) is 17.3 Å². The first-order valence-corrected chi connectivity index (χ1v) is 8.09. The number of anilines is 1. The minimum Gasteiger partial charge on any atom is -0.493 e. The van der Waals surface area contributed by atoms with Gasteiger partial charge in [0, 0.05) is 17.6 Å². The highest BCUT2D eigenvalue weighted by atomic mass is 19.1. The van der Waals surface area contributed by atoms with Crippen LogP contribution in [-0.4, -0.2) is 26.8 Å². The predicted molar refractivity (Wildman–Crippen MR) is 93.9 cm³/mol. The fourth-order valence-corrected chi connectivity index (χ4v) is 2.84. The number of halogens is 1. The molecule has 5 nitrogen and oxygen atoms in total. The molecule has 1 aliphatic rings. The normalized spacial score (nSPS) is 14.5. The van der Waals surface area contributed by atoms with Crippen molar-refractivity contribution in [3.63, 3.8) is 0 Å². The number of benzene rings is 2. The van der Waals surface area contributed by atoms with E-state index in [4.69, 9.17) is 9.47 Å². The number of nitrogens with one attached hydrogen (secondary N) is 2. The summed E-state index contributed by atoms with van der Waals surface area (Å²) < 4.78 is 23.5. The molecule has 2 aromatic carbocycles. The SMILES string of the molecule is COc1ccc(C2(CNC(=O)Nc3ccc(F)cc3)CC2)cc1OC. The van der Waals surface area contributed by atoms with E-state index in [2.05, 4.69) is 10.6 Å². The molecule has 2 aromatic rings. The van der Waals surface area contributed by atoms with Crippen LogP contribution in [0.5, 0.6) is 11.5 Å². The van der Waals surface area contributed by atoms with Crippen molar-refractivity contribution in [2.75, 3.05) is 26.1 Å². The monoisotopic (exact) mass is 344 g/mol. The first-order chi connectivity index (χ1) is 12.1. The van der Waals surface area contributed by atoms with Crippen LogP contribution in [0, 0.1) is 5.82 Å². The second-order valence-electron chi connectivity index (χ2n) is 6.16. The Hall–Kier alpha value is -2.76. The minimum absolute atomic E-state index is 0.0698. The Labute approximate surface area is 146 Å². The van der Waals surface area contributed by atoms with Gasteiger partial charge >= 0.3 is 6.03 Å². The molecule has 0 saturated heterocycles. The number of rotatable bonds is 6. The zero-order valence-electron chi connectivity index (χ0n) is 14.3. The molecule has 3 rings (SSSR count). The standard InChI is InChI=1S/C19H21FN2O3/c1-24-16-8-3-13(11-17(16)25-2)19(9-10-19)12-21-18(23)22-15-6-4-14(20)5-7-15/h3-8,11H,9-10,12H2,1-2H3,(H2,21,22,23). The van der Waals surface area contributed by atoms with Gasteiger partial charge in [-0.25, -0.2) is 9.18 Å². The molecule has 132 valence electrons. The summed E-state index contributed by atoms with van der Waals surface area (Å²) in [5.74, 6) is 1.03. The van der Waals surface area contributed by atoms with Gasteiger partial charge < -0.3 is 20.1 Å². The van der Waals surface area contributed by atoms with E-state index < -0.39 is 0 Å². The van der Waals surface area contributed by atoms with Crippen LogP contribution in [0.15, 0.2) is 42.5 Å². The first kappa shape index (κ1) is 17.1. The summed E-state index contributed by atoms with van der Waals surface area (Å²) in [6.45, 7) is 0.523. The van der Waals surface area contributed by atoms with Crippen LogP contribution in [-0.2, 0) is 5.41 Å². The summed E-state index contributed by atoms with van der Waals surface area (Å²) in [5, 5.41) is 5.60. The maximum Gasteiger partial charge on any atom is 0.319 e. The van der Waals surface area contributed by atoms with Crippen molar-refractivity contribution in [3.05, 3.63) is 53.8 Å². The number of hydrogen-bond acceptors (Lipinski definition) is 3. The maximum absolute atomic E-state index is 12.9. The molecule has 0 radical (unpaired) electrons. The lowest BCUT2D eigenvalue weighted by Crippen LogP contribution is -2.35. The van der Waals surface area contributed by atoms with Gasteiger partial charge in [0.05, 0.1) is 14.2 Å². The van der Waals surface area contributed by atoms with Crippen molar-refractivity contribution in [2.45, 2.75) is 18.3 Å². The van der Waals surface area contributed by atoms with Crippen molar-refractivity contribution >= 4 is 11.7 Å². The van der Waals surface area contributed by atoms with E-state index in [9.17, 15) is 9.18 Å². The third-order valence-electron chi connectivity index (χ3n) is 4.54. The van der Waals surface area contributed by atoms with Gasteiger partial charge in [-0.05, 0) is 54.8 Å². The second-order valence-corrected chi connectivity index (χ2v) is 6.16. The molecule has 0 aromatic heterocycles. The van der Waals surface area contributed by atoms with Crippen molar-refractivity contribution < 1.29 is 18.7 Å². The molecule has 2 amide bonds. The third-order valence-corrected chi connectivity index (χ3v) is 4.54. The molecule has 0 aliphatic heterocycles. The summed E-state index contributed by atoms with van der Waals surface area (Å²) in [6, 6.07) is 11.2. The molecule has 0 unspecified atom stereocenters. The van der Waals surface area contributed by atoms with Crippen LogP contribution in [0.25, 0.3) is 0 Å². The Kier molecular flexibility index (Phi) is 4.79. The Balaban J connectivity index is 1.62. The van der Waals surface area contributed by atoms with Crippen molar-refractivity contribution in [1.29, 1.82) is 0 Å². The Bertz CT molecular complexity index is 758. The number of carbonyl (C=O) groups excluding carboxylic acids is 1. The molecule has 2 N–H and O–H groups in total. The third kappa shape index (κ3) is 3.84. The van der Waals surface area contributed by atoms with Crippen LogP contribution in [0.4, 0.5) is 14.9 Å². The molecule has 0 bridgehead atoms. The second kappa shape index (κ2) is 7.01. The lowest BCUT2D eigenvalue weighted by molar-refractivity contribution is 0.251. The Morgan fingerprint density at radius 2 is 1.76 bits per heavy atom. The number of urea groups is 1. The lowest BCUT2D eigenvalue weighted by Gasteiger charge is -2.19. The van der Waals surface area contributed by atoms with E-state index in [1.54, 1.807) is 14.2 Å². The van der Waals surface area contributed by atoms with Crippen molar-refractivity contribution in [1.82, 2.24) is 5.32 Å². The molecule has 0 atom stereocenters. The van der Waals surface area contributed by atoms with E-state index in [1.807, 2.05) is 18.2 Å². The summed E-state index contributed by atoms with van der Waals surface area (Å²) in [4.78, 5) is 12.1. The van der Waals surface area contributed by atoms with E-state index >= 15 is 0 Å². The van der Waals surface area contributed by atoms with E-state index in [1.165, 1.54) is 24.3 Å². The molecule has 1 saturated carbocycles. The molecule has 1 aliphatic carbocycles. The predicted octanol–water partition coefficient (Wildman–Crippen LogP) is 3.70. The van der Waals surface area contributed by atoms with Crippen LogP contribution in [0.2, 0.25) is 0 Å². The summed E-state index contributed by atoms with van der Waals surface area (Å²) >= 11 is 0. The van der Waals surface area contributed by atoms with Crippen LogP contribution in [0.1, 0.15) is 18.4 Å². The molecule has 0 spiro atoms. The zero-order valence-corrected chi connectivity index (χ0v) is 14.3. The van der Waals surface area contributed by atoms with Gasteiger partial charge in [-0.1, -0.05) is 6.07 Å². The van der Waals surface area contributed by atoms with Gasteiger partial charge in [-0.3, -0.25) is 0 Å². The minimum atomic E-state index is -0.337. The molecule has 6 heteroatoms. The number of amides is 2. The van der Waals surface area contributed by atoms with Gasteiger partial charge in [0.15, 0.2) is 11.5 Å². The first-order valence-electron chi connectivity index (χ1n) is 8.09. The van der Waals surface area contributed by atoms with Gasteiger partial charge in [-0.2, -0.15) is 0 Å². The summed E-state index contributed by atoms with van der Waals surface area (Å²) in [6.07, 6.45) is 2.00. The van der Waals surface area contributed by atoms with Crippen LogP contribution < -0.4 is 20.1 Å². The fraction of sp³-hybridized carbons (Fsp3) is 0.316. The van der Waals surface area contributed by atoms with Crippen molar-refractivity contribution in [3.8, 4) is 11.5 Å². The largest absolute Gasteiger partial charge is 0.493 e. The summed E-state index contributed by atoms with van der Waals surface area (Å²) in [7, 11) is 3.21. The van der Waals surface area contributed by atoms with E-state index in [0.717, 1.165) is 18.4 Å². The number of methoxy groups -OCH3 is 2. The highest BCUT2D eigenvalue weighted by Crippen LogP contribution is 2.49. The van der Waals surface area contributed by atoms with Gasteiger partial charge in [0.1, 0.15) is 5.82 Å². The summed E-state index contributed by atoms with van der Waals surface area (Å²) in [5.41, 5.74) is 1.60. The molecular formula is C19H21FN2O3. The topological polar surface area (TPSA) is 59.6 Å². The molecule has 25 heavy (non-hydrogen) atoms. The lowest BCUT2D eigenvalue weighted by atomic mass is 9.95. The average molecular weight is 344 g/mol. The fourth-order valence-electron chi connectivity index (χ4n) is 2.84. The van der Waals surface area contributed by atoms with Crippen LogP contribution in [0.3, 0.4) is 0 Å².